The third kappa shape index (κ3) is 4.24. The van der Waals surface area contributed by atoms with Gasteiger partial charge in [0.1, 0.15) is 0 Å². The van der Waals surface area contributed by atoms with E-state index in [0.29, 0.717) is 13.1 Å². The van der Waals surface area contributed by atoms with Gasteiger partial charge in [-0.2, -0.15) is 4.31 Å². The molecule has 8 heteroatoms. The molecule has 0 saturated carbocycles. The number of nitrogens with zero attached hydrogens (tertiary/aromatic N) is 1. The van der Waals surface area contributed by atoms with Crippen molar-refractivity contribution in [2.45, 2.75) is 42.5 Å². The fourth-order valence-electron chi connectivity index (χ4n) is 3.31. The molecule has 1 unspecified atom stereocenters. The second-order valence-electron chi connectivity index (χ2n) is 6.78. The Kier molecular flexibility index (Phi) is 5.71. The van der Waals surface area contributed by atoms with E-state index in [1.54, 1.807) is 6.92 Å². The Bertz CT molecular complexity index is 1010. The zero-order valence-electron chi connectivity index (χ0n) is 15.4. The highest BCUT2D eigenvalue weighted by molar-refractivity contribution is 7.89. The van der Waals surface area contributed by atoms with Crippen molar-refractivity contribution in [2.75, 3.05) is 13.1 Å². The minimum atomic E-state index is -3.76. The fourth-order valence-corrected chi connectivity index (χ4v) is 6.05. The zero-order valence-corrected chi connectivity index (χ0v) is 17.1. The maximum absolute atomic E-state index is 12.7. The first-order valence-corrected chi connectivity index (χ1v) is 11.8. The van der Waals surface area contributed by atoms with E-state index < -0.39 is 26.1 Å². The van der Waals surface area contributed by atoms with Crippen LogP contribution >= 0.6 is 0 Å². The average Bonchev–Trinajstić information content (AvgIpc) is 3.17. The van der Waals surface area contributed by atoms with E-state index in [4.69, 9.17) is 0 Å². The van der Waals surface area contributed by atoms with Crippen LogP contribution in [0.3, 0.4) is 0 Å². The van der Waals surface area contributed by atoms with Crippen LogP contribution in [0.4, 0.5) is 0 Å². The second-order valence-corrected chi connectivity index (χ2v) is 10.4. The lowest BCUT2D eigenvalue weighted by atomic mass is 10.0. The Balaban J connectivity index is 1.80. The standard InChI is InChI=1S/C19H24N2O4S2/c1-15-7-3-4-8-19(15)16(2)20-26(22,23)17-9-11-18(12-10-17)27(24,25)21-13-5-6-14-21/h3-4,7-12,16,20H,5-6,13-14H2,1-2H3. The van der Waals surface area contributed by atoms with Gasteiger partial charge in [-0.1, -0.05) is 24.3 Å². The van der Waals surface area contributed by atoms with Crippen molar-refractivity contribution < 1.29 is 16.8 Å². The highest BCUT2D eigenvalue weighted by atomic mass is 32.2. The average molecular weight is 409 g/mol. The van der Waals surface area contributed by atoms with Crippen molar-refractivity contribution in [3.8, 4) is 0 Å². The van der Waals surface area contributed by atoms with Crippen LogP contribution in [-0.2, 0) is 20.0 Å². The zero-order chi connectivity index (χ0) is 19.7. The third-order valence-corrected chi connectivity index (χ3v) is 8.29. The first kappa shape index (κ1) is 20.0. The van der Waals surface area contributed by atoms with Gasteiger partial charge in [-0.05, 0) is 62.1 Å². The van der Waals surface area contributed by atoms with Gasteiger partial charge in [0, 0.05) is 19.1 Å². The van der Waals surface area contributed by atoms with E-state index in [1.807, 2.05) is 31.2 Å². The van der Waals surface area contributed by atoms with Crippen LogP contribution in [0.2, 0.25) is 0 Å². The molecule has 0 amide bonds. The molecule has 1 aliphatic rings. The summed E-state index contributed by atoms with van der Waals surface area (Å²) in [4.78, 5) is 0.165. The van der Waals surface area contributed by atoms with Gasteiger partial charge in [-0.15, -0.1) is 0 Å². The first-order valence-electron chi connectivity index (χ1n) is 8.90. The van der Waals surface area contributed by atoms with Gasteiger partial charge >= 0.3 is 0 Å². The van der Waals surface area contributed by atoms with Crippen molar-refractivity contribution in [3.05, 3.63) is 59.7 Å². The Morgan fingerprint density at radius 2 is 1.44 bits per heavy atom. The van der Waals surface area contributed by atoms with Gasteiger partial charge < -0.3 is 0 Å². The molecule has 27 heavy (non-hydrogen) atoms. The van der Waals surface area contributed by atoms with Gasteiger partial charge in [0.2, 0.25) is 20.0 Å². The normalized spacial score (nSPS) is 17.1. The highest BCUT2D eigenvalue weighted by Gasteiger charge is 2.27. The van der Waals surface area contributed by atoms with Crippen LogP contribution in [0.1, 0.15) is 36.9 Å². The molecule has 0 aliphatic carbocycles. The van der Waals surface area contributed by atoms with E-state index in [1.165, 1.54) is 28.6 Å². The molecule has 1 fully saturated rings. The first-order chi connectivity index (χ1) is 12.7. The molecule has 1 saturated heterocycles. The van der Waals surface area contributed by atoms with E-state index in [-0.39, 0.29) is 9.79 Å². The summed E-state index contributed by atoms with van der Waals surface area (Å²) in [6.45, 7) is 4.74. The molecule has 1 N–H and O–H groups in total. The Hall–Kier alpha value is -1.74. The maximum atomic E-state index is 12.7. The summed E-state index contributed by atoms with van der Waals surface area (Å²) in [7, 11) is -7.32. The van der Waals surface area contributed by atoms with E-state index in [0.717, 1.165) is 24.0 Å². The summed E-state index contributed by atoms with van der Waals surface area (Å²) in [5.41, 5.74) is 1.90. The molecular formula is C19H24N2O4S2. The number of sulfonamides is 2. The summed E-state index contributed by atoms with van der Waals surface area (Å²) < 4.78 is 54.6. The quantitative estimate of drug-likeness (QED) is 0.797. The van der Waals surface area contributed by atoms with Crippen molar-refractivity contribution in [1.29, 1.82) is 0 Å². The Morgan fingerprint density at radius 1 is 0.889 bits per heavy atom. The van der Waals surface area contributed by atoms with Crippen LogP contribution in [-0.4, -0.2) is 34.2 Å². The van der Waals surface area contributed by atoms with Gasteiger partial charge in [0.25, 0.3) is 0 Å². The van der Waals surface area contributed by atoms with Gasteiger partial charge in [-0.25, -0.2) is 21.6 Å². The van der Waals surface area contributed by atoms with Crippen molar-refractivity contribution in [1.82, 2.24) is 9.03 Å². The summed E-state index contributed by atoms with van der Waals surface area (Å²) >= 11 is 0. The van der Waals surface area contributed by atoms with Crippen LogP contribution in [0.15, 0.2) is 58.3 Å². The highest BCUT2D eigenvalue weighted by Crippen LogP contribution is 2.23. The summed E-state index contributed by atoms with van der Waals surface area (Å²) in [6.07, 6.45) is 1.71. The molecule has 146 valence electrons. The monoisotopic (exact) mass is 408 g/mol. The number of hydrogen-bond acceptors (Lipinski definition) is 4. The van der Waals surface area contributed by atoms with E-state index in [2.05, 4.69) is 4.72 Å². The molecule has 0 radical (unpaired) electrons. The van der Waals surface area contributed by atoms with Crippen molar-refractivity contribution in [3.63, 3.8) is 0 Å². The molecule has 0 aromatic heterocycles. The fraction of sp³-hybridized carbons (Fsp3) is 0.368. The number of hydrogen-bond donors (Lipinski definition) is 1. The van der Waals surface area contributed by atoms with Gasteiger partial charge in [-0.3, -0.25) is 0 Å². The molecule has 1 aliphatic heterocycles. The van der Waals surface area contributed by atoms with Crippen molar-refractivity contribution >= 4 is 20.0 Å². The Labute approximate surface area is 161 Å². The SMILES string of the molecule is Cc1ccccc1C(C)NS(=O)(=O)c1ccc(S(=O)(=O)N2CCCC2)cc1. The Morgan fingerprint density at radius 3 is 2.04 bits per heavy atom. The second kappa shape index (κ2) is 7.71. The predicted molar refractivity (Wildman–Crippen MR) is 104 cm³/mol. The molecule has 1 atom stereocenters. The minimum Gasteiger partial charge on any atom is -0.207 e. The molecule has 2 aromatic rings. The minimum absolute atomic E-state index is 0.0447. The van der Waals surface area contributed by atoms with Gasteiger partial charge in [0.15, 0.2) is 0 Å². The predicted octanol–water partition coefficient (Wildman–Crippen LogP) is 2.82. The number of rotatable bonds is 6. The van der Waals surface area contributed by atoms with E-state index >= 15 is 0 Å². The van der Waals surface area contributed by atoms with Crippen LogP contribution < -0.4 is 4.72 Å². The van der Waals surface area contributed by atoms with E-state index in [9.17, 15) is 16.8 Å². The topological polar surface area (TPSA) is 83.5 Å². The van der Waals surface area contributed by atoms with Crippen LogP contribution in [0, 0.1) is 6.92 Å². The maximum Gasteiger partial charge on any atom is 0.243 e. The molecule has 0 bridgehead atoms. The number of benzene rings is 2. The lowest BCUT2D eigenvalue weighted by Gasteiger charge is -2.18. The molecule has 6 nitrogen and oxygen atoms in total. The molecule has 0 spiro atoms. The summed E-state index contributed by atoms with van der Waals surface area (Å²) in [6, 6.07) is 12.6. The third-order valence-electron chi connectivity index (χ3n) is 4.82. The smallest absolute Gasteiger partial charge is 0.207 e. The van der Waals surface area contributed by atoms with Gasteiger partial charge in [0.05, 0.1) is 9.79 Å². The number of aryl methyl sites for hydroxylation is 1. The lowest BCUT2D eigenvalue weighted by molar-refractivity contribution is 0.477. The largest absolute Gasteiger partial charge is 0.243 e. The molecule has 1 heterocycles. The van der Waals surface area contributed by atoms with Crippen LogP contribution in [0.25, 0.3) is 0 Å². The summed E-state index contributed by atoms with van der Waals surface area (Å²) in [5, 5.41) is 0. The van der Waals surface area contributed by atoms with Crippen LogP contribution in [0.5, 0.6) is 0 Å². The summed E-state index contributed by atoms with van der Waals surface area (Å²) in [5.74, 6) is 0. The molecular weight excluding hydrogens is 384 g/mol. The molecule has 2 aromatic carbocycles. The molecule has 3 rings (SSSR count). The van der Waals surface area contributed by atoms with Crippen molar-refractivity contribution in [2.24, 2.45) is 0 Å². The lowest BCUT2D eigenvalue weighted by Crippen LogP contribution is -2.28. The number of nitrogens with one attached hydrogen (secondary N) is 1.